The van der Waals surface area contributed by atoms with Gasteiger partial charge < -0.3 is 24.7 Å². The molecule has 0 unspecified atom stereocenters. The molecule has 0 fully saturated rings. The van der Waals surface area contributed by atoms with E-state index in [1.54, 1.807) is 7.11 Å². The molecule has 0 atom stereocenters. The third-order valence-corrected chi connectivity index (χ3v) is 2.26. The normalized spacial score (nSPS) is 10.2. The number of aromatic nitrogens is 1. The Morgan fingerprint density at radius 2 is 1.80 bits per heavy atom. The van der Waals surface area contributed by atoms with E-state index in [-0.39, 0.29) is 5.88 Å². The zero-order valence-electron chi connectivity index (χ0n) is 11.5. The number of rotatable bonds is 10. The monoisotopic (exact) mass is 281 g/mol. The third-order valence-electron chi connectivity index (χ3n) is 2.26. The second-order valence-corrected chi connectivity index (χ2v) is 3.80. The standard InChI is InChI=1S/C13H19N3O4/c1-17-2-3-18-4-5-19-6-7-20-13-11(9-14)8-12(15)10-16-13/h8,10H,2-7,15H2,1H3. The second-order valence-electron chi connectivity index (χ2n) is 3.80. The maximum atomic E-state index is 8.90. The van der Waals surface area contributed by atoms with Crippen LogP contribution in [0.25, 0.3) is 0 Å². The molecule has 2 N–H and O–H groups in total. The summed E-state index contributed by atoms with van der Waals surface area (Å²) in [7, 11) is 1.62. The summed E-state index contributed by atoms with van der Waals surface area (Å²) in [5, 5.41) is 8.90. The summed E-state index contributed by atoms with van der Waals surface area (Å²) in [5.41, 5.74) is 6.27. The minimum Gasteiger partial charge on any atom is -0.474 e. The number of nitrogens with zero attached hydrogens (tertiary/aromatic N) is 2. The molecule has 1 aromatic rings. The molecule has 1 heterocycles. The van der Waals surface area contributed by atoms with E-state index in [4.69, 9.17) is 29.9 Å². The van der Waals surface area contributed by atoms with E-state index in [1.165, 1.54) is 12.3 Å². The van der Waals surface area contributed by atoms with Gasteiger partial charge >= 0.3 is 0 Å². The molecule has 1 aromatic heterocycles. The van der Waals surface area contributed by atoms with Crippen LogP contribution in [0.1, 0.15) is 5.56 Å². The lowest BCUT2D eigenvalue weighted by molar-refractivity contribution is 0.0176. The van der Waals surface area contributed by atoms with Crippen molar-refractivity contribution in [2.24, 2.45) is 0 Å². The average Bonchev–Trinajstić information content (AvgIpc) is 2.46. The fourth-order valence-electron chi connectivity index (χ4n) is 1.32. The number of ether oxygens (including phenoxy) is 4. The van der Waals surface area contributed by atoms with Gasteiger partial charge in [0.2, 0.25) is 5.88 Å². The summed E-state index contributed by atoms with van der Waals surface area (Å²) >= 11 is 0. The first-order chi connectivity index (χ1) is 9.77. The van der Waals surface area contributed by atoms with Gasteiger partial charge in [0, 0.05) is 7.11 Å². The van der Waals surface area contributed by atoms with Crippen molar-refractivity contribution in [1.82, 2.24) is 4.98 Å². The van der Waals surface area contributed by atoms with Gasteiger partial charge in [-0.05, 0) is 6.07 Å². The van der Waals surface area contributed by atoms with E-state index in [9.17, 15) is 0 Å². The highest BCUT2D eigenvalue weighted by Crippen LogP contribution is 2.16. The van der Waals surface area contributed by atoms with E-state index >= 15 is 0 Å². The number of anilines is 1. The van der Waals surface area contributed by atoms with Gasteiger partial charge in [-0.25, -0.2) is 4.98 Å². The summed E-state index contributed by atoms with van der Waals surface area (Å²) in [6.45, 7) is 2.81. The SMILES string of the molecule is COCCOCCOCCOc1ncc(N)cc1C#N. The van der Waals surface area contributed by atoms with E-state index in [1.807, 2.05) is 6.07 Å². The Hall–Kier alpha value is -1.88. The molecule has 0 spiro atoms. The van der Waals surface area contributed by atoms with Crippen LogP contribution in [0.15, 0.2) is 12.3 Å². The number of hydrogen-bond acceptors (Lipinski definition) is 7. The molecule has 0 aromatic carbocycles. The first-order valence-electron chi connectivity index (χ1n) is 6.20. The van der Waals surface area contributed by atoms with Crippen molar-refractivity contribution in [3.05, 3.63) is 17.8 Å². The highest BCUT2D eigenvalue weighted by molar-refractivity contribution is 5.48. The number of nitrogens with two attached hydrogens (primary N) is 1. The number of nitrogen functional groups attached to an aromatic ring is 1. The molecule has 0 saturated heterocycles. The van der Waals surface area contributed by atoms with Crippen LogP contribution < -0.4 is 10.5 Å². The minimum absolute atomic E-state index is 0.265. The van der Waals surface area contributed by atoms with Gasteiger partial charge in [0.1, 0.15) is 18.2 Å². The molecule has 110 valence electrons. The van der Waals surface area contributed by atoms with Crippen molar-refractivity contribution in [2.45, 2.75) is 0 Å². The van der Waals surface area contributed by atoms with Crippen LogP contribution >= 0.6 is 0 Å². The molecule has 7 nitrogen and oxygen atoms in total. The summed E-state index contributed by atoms with van der Waals surface area (Å²) in [5.74, 6) is 0.265. The molecule has 1 rings (SSSR count). The molecule has 0 aliphatic carbocycles. The Kier molecular flexibility index (Phi) is 8.07. The molecule has 0 saturated carbocycles. The first kappa shape index (κ1) is 16.2. The highest BCUT2D eigenvalue weighted by atomic mass is 16.6. The van der Waals surface area contributed by atoms with Crippen molar-refractivity contribution in [3.8, 4) is 11.9 Å². The van der Waals surface area contributed by atoms with Crippen molar-refractivity contribution >= 4 is 5.69 Å². The van der Waals surface area contributed by atoms with E-state index in [2.05, 4.69) is 4.98 Å². The van der Waals surface area contributed by atoms with Crippen molar-refractivity contribution in [1.29, 1.82) is 5.26 Å². The predicted octanol–water partition coefficient (Wildman–Crippen LogP) is 0.594. The van der Waals surface area contributed by atoms with Gasteiger partial charge in [-0.1, -0.05) is 0 Å². The first-order valence-corrected chi connectivity index (χ1v) is 6.20. The van der Waals surface area contributed by atoms with Gasteiger partial charge in [0.05, 0.1) is 44.9 Å². The van der Waals surface area contributed by atoms with E-state index in [0.29, 0.717) is 50.9 Å². The van der Waals surface area contributed by atoms with Crippen molar-refractivity contribution in [3.63, 3.8) is 0 Å². The van der Waals surface area contributed by atoms with E-state index < -0.39 is 0 Å². The zero-order valence-corrected chi connectivity index (χ0v) is 11.5. The van der Waals surface area contributed by atoms with Crippen molar-refractivity contribution in [2.75, 3.05) is 52.5 Å². The molecule has 0 aliphatic rings. The largest absolute Gasteiger partial charge is 0.474 e. The summed E-state index contributed by atoms with van der Waals surface area (Å²) in [6, 6.07) is 3.50. The molecule has 7 heteroatoms. The maximum absolute atomic E-state index is 8.90. The highest BCUT2D eigenvalue weighted by Gasteiger charge is 2.05. The van der Waals surface area contributed by atoms with Gasteiger partial charge in [-0.3, -0.25) is 0 Å². The Labute approximate surface area is 118 Å². The Balaban J connectivity index is 2.11. The molecule has 0 bridgehead atoms. The van der Waals surface area contributed by atoms with Gasteiger partial charge in [0.15, 0.2) is 0 Å². The number of methoxy groups -OCH3 is 1. The molecular formula is C13H19N3O4. The predicted molar refractivity (Wildman–Crippen MR) is 72.4 cm³/mol. The van der Waals surface area contributed by atoms with Gasteiger partial charge in [-0.2, -0.15) is 5.26 Å². The number of nitriles is 1. The number of hydrogen-bond donors (Lipinski definition) is 1. The number of pyridine rings is 1. The zero-order chi connectivity index (χ0) is 14.6. The maximum Gasteiger partial charge on any atom is 0.231 e. The van der Waals surface area contributed by atoms with E-state index in [0.717, 1.165) is 0 Å². The lowest BCUT2D eigenvalue weighted by Gasteiger charge is -2.08. The Bertz CT molecular complexity index is 434. The van der Waals surface area contributed by atoms with Crippen LogP contribution in [-0.4, -0.2) is 51.7 Å². The topological polar surface area (TPSA) is 99.6 Å². The van der Waals surface area contributed by atoms with Crippen molar-refractivity contribution < 1.29 is 18.9 Å². The average molecular weight is 281 g/mol. The van der Waals surface area contributed by atoms with Gasteiger partial charge in [-0.15, -0.1) is 0 Å². The van der Waals surface area contributed by atoms with Crippen LogP contribution in [-0.2, 0) is 14.2 Å². The summed E-state index contributed by atoms with van der Waals surface area (Å²) in [6.07, 6.45) is 1.45. The van der Waals surface area contributed by atoms with Crippen LogP contribution in [0.2, 0.25) is 0 Å². The summed E-state index contributed by atoms with van der Waals surface area (Å²) in [4.78, 5) is 3.95. The second kappa shape index (κ2) is 9.97. The summed E-state index contributed by atoms with van der Waals surface area (Å²) < 4.78 is 20.7. The van der Waals surface area contributed by atoms with Crippen LogP contribution in [0.3, 0.4) is 0 Å². The Morgan fingerprint density at radius 3 is 2.45 bits per heavy atom. The smallest absolute Gasteiger partial charge is 0.231 e. The fourth-order valence-corrected chi connectivity index (χ4v) is 1.32. The molecule has 0 aliphatic heterocycles. The molecular weight excluding hydrogens is 262 g/mol. The van der Waals surface area contributed by atoms with Crippen LogP contribution in [0.5, 0.6) is 5.88 Å². The van der Waals surface area contributed by atoms with Gasteiger partial charge in [0.25, 0.3) is 0 Å². The lowest BCUT2D eigenvalue weighted by Crippen LogP contribution is -2.13. The minimum atomic E-state index is 0.265. The third kappa shape index (κ3) is 6.33. The van der Waals surface area contributed by atoms with Crippen LogP contribution in [0, 0.1) is 11.3 Å². The fraction of sp³-hybridized carbons (Fsp3) is 0.538. The molecule has 0 amide bonds. The Morgan fingerprint density at radius 1 is 1.15 bits per heavy atom. The van der Waals surface area contributed by atoms with Crippen LogP contribution in [0.4, 0.5) is 5.69 Å². The quantitative estimate of drug-likeness (QED) is 0.626. The lowest BCUT2D eigenvalue weighted by atomic mass is 10.3. The molecule has 0 radical (unpaired) electrons. The molecule has 20 heavy (non-hydrogen) atoms.